The molecule has 1 saturated heterocycles. The van der Waals surface area contributed by atoms with Crippen molar-refractivity contribution in [3.8, 4) is 0 Å². The summed E-state index contributed by atoms with van der Waals surface area (Å²) in [6.07, 6.45) is 2.00. The third-order valence-electron chi connectivity index (χ3n) is 3.49. The largest absolute Gasteiger partial charge is 0.347 e. The molecule has 0 aliphatic carbocycles. The maximum atomic E-state index is 12.1. The Kier molecular flexibility index (Phi) is 4.76. The van der Waals surface area contributed by atoms with Crippen LogP contribution in [0.15, 0.2) is 12.3 Å². The Hall–Kier alpha value is -1.70. The first kappa shape index (κ1) is 15.7. The Labute approximate surface area is 124 Å². The number of rotatable bonds is 5. The first-order valence-corrected chi connectivity index (χ1v) is 8.86. The van der Waals surface area contributed by atoms with Gasteiger partial charge in [-0.15, -0.1) is 0 Å². The average molecular weight is 312 g/mol. The fraction of sp³-hybridized carbons (Fsp3) is 0.615. The molecular weight excluding hydrogens is 292 g/mol. The summed E-state index contributed by atoms with van der Waals surface area (Å²) in [6.45, 7) is 5.48. The third kappa shape index (κ3) is 3.90. The fourth-order valence-electron chi connectivity index (χ4n) is 2.30. The van der Waals surface area contributed by atoms with Gasteiger partial charge in [0.15, 0.2) is 9.84 Å². The van der Waals surface area contributed by atoms with Crippen LogP contribution in [0.25, 0.3) is 0 Å². The number of nitrogens with one attached hydrogen (secondary N) is 1. The molecule has 0 radical (unpaired) electrons. The lowest BCUT2D eigenvalue weighted by molar-refractivity contribution is 0.0936. The van der Waals surface area contributed by atoms with Crippen LogP contribution in [0.3, 0.4) is 0 Å². The van der Waals surface area contributed by atoms with E-state index in [1.165, 1.54) is 6.07 Å². The molecule has 21 heavy (non-hydrogen) atoms. The Bertz CT molecular complexity index is 614. The summed E-state index contributed by atoms with van der Waals surface area (Å²) >= 11 is 0. The van der Waals surface area contributed by atoms with E-state index in [1.54, 1.807) is 6.20 Å². The van der Waals surface area contributed by atoms with E-state index in [4.69, 9.17) is 0 Å². The molecule has 1 aliphatic rings. The molecule has 0 bridgehead atoms. The number of carbonyl (C=O) groups excluding carboxylic acids is 1. The first-order valence-electron chi connectivity index (χ1n) is 7.04. The zero-order chi connectivity index (χ0) is 15.5. The van der Waals surface area contributed by atoms with E-state index in [2.05, 4.69) is 15.3 Å². The molecule has 1 fully saturated rings. The highest BCUT2D eigenvalue weighted by Gasteiger charge is 2.29. The predicted molar refractivity (Wildman–Crippen MR) is 80.1 cm³/mol. The van der Waals surface area contributed by atoms with Crippen molar-refractivity contribution in [2.75, 3.05) is 29.5 Å². The summed E-state index contributed by atoms with van der Waals surface area (Å²) in [5.74, 6) is 0.290. The summed E-state index contributed by atoms with van der Waals surface area (Å²) in [4.78, 5) is 22.5. The van der Waals surface area contributed by atoms with E-state index in [-0.39, 0.29) is 29.1 Å². The summed E-state index contributed by atoms with van der Waals surface area (Å²) in [6, 6.07) is 1.21. The molecule has 1 amide bonds. The standard InChI is InChI=1S/C13H20N4O3S/c1-3-17(4-2)13-14-7-5-11(16-13)12(18)15-10-6-8-21(19,20)9-10/h5,7,10H,3-4,6,8-9H2,1-2H3,(H,15,18). The van der Waals surface area contributed by atoms with Crippen LogP contribution in [0.1, 0.15) is 30.8 Å². The van der Waals surface area contributed by atoms with E-state index in [0.717, 1.165) is 13.1 Å². The molecule has 7 nitrogen and oxygen atoms in total. The lowest BCUT2D eigenvalue weighted by Gasteiger charge is -2.18. The number of nitrogens with zero attached hydrogens (tertiary/aromatic N) is 3. The average Bonchev–Trinajstić information content (AvgIpc) is 2.79. The van der Waals surface area contributed by atoms with Gasteiger partial charge in [-0.3, -0.25) is 4.79 Å². The second-order valence-electron chi connectivity index (χ2n) is 4.99. The van der Waals surface area contributed by atoms with Crippen molar-refractivity contribution in [1.82, 2.24) is 15.3 Å². The Morgan fingerprint density at radius 3 is 2.71 bits per heavy atom. The Morgan fingerprint density at radius 2 is 2.14 bits per heavy atom. The maximum absolute atomic E-state index is 12.1. The van der Waals surface area contributed by atoms with Crippen LogP contribution >= 0.6 is 0 Å². The molecule has 2 heterocycles. The summed E-state index contributed by atoms with van der Waals surface area (Å²) in [5, 5.41) is 2.73. The van der Waals surface area contributed by atoms with Gasteiger partial charge in [0.05, 0.1) is 11.5 Å². The number of anilines is 1. The summed E-state index contributed by atoms with van der Waals surface area (Å²) < 4.78 is 22.8. The quantitative estimate of drug-likeness (QED) is 0.837. The molecule has 0 saturated carbocycles. The van der Waals surface area contributed by atoms with Crippen LogP contribution in [-0.4, -0.2) is 54.9 Å². The number of hydrogen-bond acceptors (Lipinski definition) is 6. The molecule has 116 valence electrons. The van der Waals surface area contributed by atoms with Gasteiger partial charge in [-0.05, 0) is 26.3 Å². The monoisotopic (exact) mass is 312 g/mol. The molecule has 0 aromatic carbocycles. The molecule has 1 aliphatic heterocycles. The highest BCUT2D eigenvalue weighted by molar-refractivity contribution is 7.91. The van der Waals surface area contributed by atoms with E-state index in [1.807, 2.05) is 18.7 Å². The van der Waals surface area contributed by atoms with Crippen LogP contribution < -0.4 is 10.2 Å². The van der Waals surface area contributed by atoms with Gasteiger partial charge in [-0.1, -0.05) is 0 Å². The number of aromatic nitrogens is 2. The van der Waals surface area contributed by atoms with Crippen molar-refractivity contribution >= 4 is 21.7 Å². The number of amides is 1. The van der Waals surface area contributed by atoms with Gasteiger partial charge < -0.3 is 10.2 Å². The molecule has 2 rings (SSSR count). The topological polar surface area (TPSA) is 92.3 Å². The molecule has 1 aromatic heterocycles. The smallest absolute Gasteiger partial charge is 0.270 e. The van der Waals surface area contributed by atoms with Crippen LogP contribution in [0.4, 0.5) is 5.95 Å². The van der Waals surface area contributed by atoms with Gasteiger partial charge in [0.25, 0.3) is 5.91 Å². The minimum Gasteiger partial charge on any atom is -0.347 e. The second kappa shape index (κ2) is 6.38. The van der Waals surface area contributed by atoms with Gasteiger partial charge in [0, 0.05) is 25.3 Å². The minimum atomic E-state index is -3.01. The Balaban J connectivity index is 2.08. The fourth-order valence-corrected chi connectivity index (χ4v) is 3.98. The SMILES string of the molecule is CCN(CC)c1nccc(C(=O)NC2CCS(=O)(=O)C2)n1. The number of sulfone groups is 1. The van der Waals surface area contributed by atoms with Gasteiger partial charge in [-0.2, -0.15) is 0 Å². The maximum Gasteiger partial charge on any atom is 0.270 e. The Morgan fingerprint density at radius 1 is 1.43 bits per heavy atom. The van der Waals surface area contributed by atoms with Gasteiger partial charge in [-0.25, -0.2) is 18.4 Å². The van der Waals surface area contributed by atoms with E-state index < -0.39 is 9.84 Å². The van der Waals surface area contributed by atoms with Crippen LogP contribution in [-0.2, 0) is 9.84 Å². The zero-order valence-electron chi connectivity index (χ0n) is 12.2. The molecule has 1 unspecified atom stereocenters. The van der Waals surface area contributed by atoms with Crippen molar-refractivity contribution < 1.29 is 13.2 Å². The normalized spacial score (nSPS) is 20.2. The second-order valence-corrected chi connectivity index (χ2v) is 7.22. The summed E-state index contributed by atoms with van der Waals surface area (Å²) in [5.41, 5.74) is 0.260. The van der Waals surface area contributed by atoms with Gasteiger partial charge in [0.1, 0.15) is 5.69 Å². The molecule has 0 spiro atoms. The molecule has 1 aromatic rings. The van der Waals surface area contributed by atoms with E-state index in [0.29, 0.717) is 12.4 Å². The molecule has 1 atom stereocenters. The lowest BCUT2D eigenvalue weighted by Crippen LogP contribution is -2.36. The van der Waals surface area contributed by atoms with Crippen molar-refractivity contribution in [1.29, 1.82) is 0 Å². The highest BCUT2D eigenvalue weighted by atomic mass is 32.2. The van der Waals surface area contributed by atoms with Crippen LogP contribution in [0.5, 0.6) is 0 Å². The minimum absolute atomic E-state index is 0.00667. The third-order valence-corrected chi connectivity index (χ3v) is 5.26. The number of hydrogen-bond donors (Lipinski definition) is 1. The van der Waals surface area contributed by atoms with Crippen molar-refractivity contribution in [2.24, 2.45) is 0 Å². The van der Waals surface area contributed by atoms with Crippen LogP contribution in [0, 0.1) is 0 Å². The summed E-state index contributed by atoms with van der Waals surface area (Å²) in [7, 11) is -3.01. The first-order chi connectivity index (χ1) is 9.95. The van der Waals surface area contributed by atoms with E-state index >= 15 is 0 Å². The zero-order valence-corrected chi connectivity index (χ0v) is 13.1. The number of carbonyl (C=O) groups is 1. The molecule has 1 N–H and O–H groups in total. The van der Waals surface area contributed by atoms with Crippen molar-refractivity contribution in [3.63, 3.8) is 0 Å². The van der Waals surface area contributed by atoms with Gasteiger partial charge in [0.2, 0.25) is 5.95 Å². The van der Waals surface area contributed by atoms with Gasteiger partial charge >= 0.3 is 0 Å². The predicted octanol–water partition coefficient (Wildman–Crippen LogP) is 0.240. The molecular formula is C13H20N4O3S. The van der Waals surface area contributed by atoms with E-state index in [9.17, 15) is 13.2 Å². The molecule has 8 heteroatoms. The van der Waals surface area contributed by atoms with Crippen molar-refractivity contribution in [3.05, 3.63) is 18.0 Å². The van der Waals surface area contributed by atoms with Crippen LogP contribution in [0.2, 0.25) is 0 Å². The van der Waals surface area contributed by atoms with Crippen molar-refractivity contribution in [2.45, 2.75) is 26.3 Å². The highest BCUT2D eigenvalue weighted by Crippen LogP contribution is 2.12. The lowest BCUT2D eigenvalue weighted by atomic mass is 10.2.